The minimum absolute atomic E-state index is 0.0735. The molecule has 1 saturated heterocycles. The number of piperazine rings is 1. The Balaban J connectivity index is 1.76. The number of carbonyl (C=O) groups excluding carboxylic acids is 1. The van der Waals surface area contributed by atoms with Gasteiger partial charge in [0, 0.05) is 39.4 Å². The molecule has 0 saturated carbocycles. The maximum absolute atomic E-state index is 13.0. The normalized spacial score (nSPS) is 20.5. The van der Waals surface area contributed by atoms with Gasteiger partial charge in [0.05, 0.1) is 19.3 Å². The maximum atomic E-state index is 13.0. The van der Waals surface area contributed by atoms with Crippen molar-refractivity contribution >= 4 is 5.91 Å². The van der Waals surface area contributed by atoms with E-state index in [1.807, 2.05) is 11.0 Å². The summed E-state index contributed by atoms with van der Waals surface area (Å²) in [4.78, 5) is 21.5. The second kappa shape index (κ2) is 8.50. The van der Waals surface area contributed by atoms with E-state index in [1.54, 1.807) is 32.4 Å². The highest BCUT2D eigenvalue weighted by molar-refractivity contribution is 5.92. The Morgan fingerprint density at radius 3 is 2.59 bits per heavy atom. The summed E-state index contributed by atoms with van der Waals surface area (Å²) in [5.41, 5.74) is 1.40. The maximum Gasteiger partial charge on any atom is 0.272 e. The number of pyridine rings is 1. The molecule has 1 fully saturated rings. The third kappa shape index (κ3) is 4.46. The summed E-state index contributed by atoms with van der Waals surface area (Å²) in [6, 6.07) is 15.7. The average molecular weight is 369 g/mol. The fourth-order valence-electron chi connectivity index (χ4n) is 3.61. The van der Waals surface area contributed by atoms with Gasteiger partial charge in [-0.15, -0.1) is 0 Å². The number of hydrogen-bond donors (Lipinski definition) is 0. The van der Waals surface area contributed by atoms with E-state index in [-0.39, 0.29) is 11.4 Å². The number of amides is 1. The Hall–Kier alpha value is -2.44. The quantitative estimate of drug-likeness (QED) is 0.783. The van der Waals surface area contributed by atoms with Crippen LogP contribution in [0, 0.1) is 0 Å². The lowest BCUT2D eigenvalue weighted by atomic mass is 9.95. The predicted molar refractivity (Wildman–Crippen MR) is 104 cm³/mol. The molecule has 0 spiro atoms. The van der Waals surface area contributed by atoms with Crippen molar-refractivity contribution in [2.45, 2.75) is 19.0 Å². The lowest BCUT2D eigenvalue weighted by Crippen LogP contribution is -2.63. The molecule has 1 amide bonds. The Kier molecular flexibility index (Phi) is 6.08. The molecular weight excluding hydrogens is 342 g/mol. The second-order valence-electron chi connectivity index (χ2n) is 7.13. The molecule has 1 aromatic heterocycles. The third-order valence-electron chi connectivity index (χ3n) is 5.05. The second-order valence-corrected chi connectivity index (χ2v) is 7.13. The molecule has 1 aliphatic rings. The summed E-state index contributed by atoms with van der Waals surface area (Å²) >= 11 is 0. The first-order valence-electron chi connectivity index (χ1n) is 9.14. The summed E-state index contributed by atoms with van der Waals surface area (Å²) in [5.74, 6) is 0.374. The van der Waals surface area contributed by atoms with Crippen LogP contribution in [0.3, 0.4) is 0 Å². The Bertz CT molecular complexity index is 768. The van der Waals surface area contributed by atoms with E-state index < -0.39 is 0 Å². The lowest BCUT2D eigenvalue weighted by Gasteiger charge is -2.48. The molecule has 2 heterocycles. The topological polar surface area (TPSA) is 54.9 Å². The van der Waals surface area contributed by atoms with Crippen LogP contribution in [0.25, 0.3) is 0 Å². The van der Waals surface area contributed by atoms with Gasteiger partial charge in [-0.2, -0.15) is 0 Å². The van der Waals surface area contributed by atoms with Crippen LogP contribution in [-0.2, 0) is 11.3 Å². The molecule has 0 unspecified atom stereocenters. The fraction of sp³-hybridized carbons (Fsp3) is 0.429. The SMILES string of the molecule is COC[C@@]1(C)CN(C(=O)c2cccc(OC)n2)CCN1Cc1ccccc1. The van der Waals surface area contributed by atoms with Crippen LogP contribution in [0.1, 0.15) is 23.0 Å². The molecule has 0 bridgehead atoms. The molecule has 2 aromatic rings. The number of aromatic nitrogens is 1. The zero-order chi connectivity index (χ0) is 19.3. The van der Waals surface area contributed by atoms with Gasteiger partial charge in [-0.25, -0.2) is 4.98 Å². The van der Waals surface area contributed by atoms with Crippen LogP contribution in [0.15, 0.2) is 48.5 Å². The fourth-order valence-corrected chi connectivity index (χ4v) is 3.61. The van der Waals surface area contributed by atoms with Crippen molar-refractivity contribution in [3.05, 3.63) is 59.8 Å². The van der Waals surface area contributed by atoms with Gasteiger partial charge >= 0.3 is 0 Å². The van der Waals surface area contributed by atoms with E-state index in [1.165, 1.54) is 5.56 Å². The van der Waals surface area contributed by atoms with Crippen molar-refractivity contribution in [3.63, 3.8) is 0 Å². The summed E-state index contributed by atoms with van der Waals surface area (Å²) in [7, 11) is 3.25. The summed E-state index contributed by atoms with van der Waals surface area (Å²) < 4.78 is 10.7. The van der Waals surface area contributed by atoms with Crippen LogP contribution >= 0.6 is 0 Å². The summed E-state index contributed by atoms with van der Waals surface area (Å²) in [5, 5.41) is 0. The van der Waals surface area contributed by atoms with Crippen LogP contribution < -0.4 is 4.74 Å². The number of ether oxygens (including phenoxy) is 2. The number of benzene rings is 1. The van der Waals surface area contributed by atoms with Crippen LogP contribution in [0.5, 0.6) is 5.88 Å². The molecule has 0 radical (unpaired) electrons. The molecule has 144 valence electrons. The van der Waals surface area contributed by atoms with Crippen molar-refractivity contribution in [2.24, 2.45) is 0 Å². The van der Waals surface area contributed by atoms with Gasteiger partial charge in [-0.05, 0) is 18.6 Å². The van der Waals surface area contributed by atoms with E-state index in [2.05, 4.69) is 41.1 Å². The Morgan fingerprint density at radius 1 is 1.11 bits per heavy atom. The number of rotatable bonds is 6. The Morgan fingerprint density at radius 2 is 1.89 bits per heavy atom. The Labute approximate surface area is 160 Å². The van der Waals surface area contributed by atoms with Gasteiger partial charge in [0.15, 0.2) is 0 Å². The number of nitrogens with zero attached hydrogens (tertiary/aromatic N) is 3. The van der Waals surface area contributed by atoms with Crippen molar-refractivity contribution < 1.29 is 14.3 Å². The van der Waals surface area contributed by atoms with Gasteiger partial charge in [0.2, 0.25) is 5.88 Å². The molecule has 3 rings (SSSR count). The van der Waals surface area contributed by atoms with Crippen LogP contribution in [0.2, 0.25) is 0 Å². The van der Waals surface area contributed by atoms with Crippen molar-refractivity contribution in [3.8, 4) is 5.88 Å². The molecular formula is C21H27N3O3. The molecule has 6 heteroatoms. The predicted octanol–water partition coefficient (Wildman–Crippen LogP) is 2.45. The van der Waals surface area contributed by atoms with Crippen molar-refractivity contribution in [2.75, 3.05) is 40.5 Å². The zero-order valence-corrected chi connectivity index (χ0v) is 16.2. The molecule has 6 nitrogen and oxygen atoms in total. The molecule has 27 heavy (non-hydrogen) atoms. The monoisotopic (exact) mass is 369 g/mol. The van der Waals surface area contributed by atoms with Gasteiger partial charge in [-0.3, -0.25) is 9.69 Å². The van der Waals surface area contributed by atoms with Gasteiger partial charge in [0.1, 0.15) is 5.69 Å². The van der Waals surface area contributed by atoms with E-state index in [0.29, 0.717) is 31.3 Å². The molecule has 0 N–H and O–H groups in total. The highest BCUT2D eigenvalue weighted by Crippen LogP contribution is 2.25. The minimum Gasteiger partial charge on any atom is -0.481 e. The first kappa shape index (κ1) is 19.3. The van der Waals surface area contributed by atoms with Crippen LogP contribution in [0.4, 0.5) is 0 Å². The zero-order valence-electron chi connectivity index (χ0n) is 16.2. The van der Waals surface area contributed by atoms with Gasteiger partial charge < -0.3 is 14.4 Å². The summed E-state index contributed by atoms with van der Waals surface area (Å²) in [6.07, 6.45) is 0. The highest BCUT2D eigenvalue weighted by Gasteiger charge is 2.39. The van der Waals surface area contributed by atoms with Crippen molar-refractivity contribution in [1.82, 2.24) is 14.8 Å². The average Bonchev–Trinajstić information content (AvgIpc) is 2.70. The standard InChI is InChI=1S/C21H27N3O3/c1-21(16-26-2)15-23(20(25)18-10-7-11-19(22-18)27-3)12-13-24(21)14-17-8-5-4-6-9-17/h4-11H,12-16H2,1-3H3/t21-/m1/s1. The number of methoxy groups -OCH3 is 2. The van der Waals surface area contributed by atoms with Gasteiger partial charge in [0.25, 0.3) is 5.91 Å². The highest BCUT2D eigenvalue weighted by atomic mass is 16.5. The molecule has 1 aromatic carbocycles. The molecule has 1 atom stereocenters. The molecule has 1 aliphatic heterocycles. The van der Waals surface area contributed by atoms with Crippen LogP contribution in [-0.4, -0.2) is 66.7 Å². The number of carbonyl (C=O) groups is 1. The molecule has 0 aliphatic carbocycles. The number of hydrogen-bond acceptors (Lipinski definition) is 5. The van der Waals surface area contributed by atoms with E-state index in [0.717, 1.165) is 13.1 Å². The largest absolute Gasteiger partial charge is 0.481 e. The van der Waals surface area contributed by atoms with E-state index in [4.69, 9.17) is 9.47 Å². The van der Waals surface area contributed by atoms with Gasteiger partial charge in [-0.1, -0.05) is 36.4 Å². The third-order valence-corrected chi connectivity index (χ3v) is 5.05. The minimum atomic E-state index is -0.266. The first-order valence-corrected chi connectivity index (χ1v) is 9.14. The summed E-state index contributed by atoms with van der Waals surface area (Å²) in [6.45, 7) is 5.56. The lowest BCUT2D eigenvalue weighted by molar-refractivity contribution is -0.0357. The van der Waals surface area contributed by atoms with E-state index >= 15 is 0 Å². The first-order chi connectivity index (χ1) is 13.1. The van der Waals surface area contributed by atoms with E-state index in [9.17, 15) is 4.79 Å². The van der Waals surface area contributed by atoms with Crippen molar-refractivity contribution in [1.29, 1.82) is 0 Å². The smallest absolute Gasteiger partial charge is 0.272 e.